The minimum Gasteiger partial charge on any atom is -0.497 e. The van der Waals surface area contributed by atoms with Gasteiger partial charge in [0.15, 0.2) is 5.16 Å². The lowest BCUT2D eigenvalue weighted by Gasteiger charge is -2.35. The molecular weight excluding hydrogens is 415 g/mol. The number of ether oxygens (including phenoxy) is 1. The maximum Gasteiger partial charge on any atom is 0.433 e. The number of hydrogen-bond acceptors (Lipinski definition) is 5. The minimum absolute atomic E-state index is 0.0138. The first-order valence-corrected chi connectivity index (χ1v) is 10.8. The molecule has 0 radical (unpaired) electrons. The molecule has 1 aliphatic heterocycles. The molecular formula is C21H24F3N3O2S. The molecule has 0 unspecified atom stereocenters. The summed E-state index contributed by atoms with van der Waals surface area (Å²) in [6.07, 6.45) is -0.720. The van der Waals surface area contributed by atoms with Crippen LogP contribution in [-0.4, -0.2) is 46.2 Å². The summed E-state index contributed by atoms with van der Waals surface area (Å²) in [6, 6.07) is 7.71. The minimum atomic E-state index is -4.61. The van der Waals surface area contributed by atoms with E-state index in [1.165, 1.54) is 7.11 Å². The van der Waals surface area contributed by atoms with Crippen LogP contribution >= 0.6 is 11.8 Å². The van der Waals surface area contributed by atoms with Crippen LogP contribution in [0.1, 0.15) is 38.3 Å². The van der Waals surface area contributed by atoms with Gasteiger partial charge < -0.3 is 9.64 Å². The predicted octanol–water partition coefficient (Wildman–Crippen LogP) is 5.05. The van der Waals surface area contributed by atoms with E-state index >= 15 is 0 Å². The van der Waals surface area contributed by atoms with E-state index in [-0.39, 0.29) is 28.6 Å². The molecule has 0 spiro atoms. The second-order valence-electron chi connectivity index (χ2n) is 7.08. The van der Waals surface area contributed by atoms with E-state index in [0.717, 1.165) is 43.5 Å². The van der Waals surface area contributed by atoms with Crippen molar-refractivity contribution in [3.8, 4) is 17.0 Å². The highest BCUT2D eigenvalue weighted by Crippen LogP contribution is 2.32. The fourth-order valence-electron chi connectivity index (χ4n) is 3.51. The Labute approximate surface area is 178 Å². The van der Waals surface area contributed by atoms with Crippen LogP contribution in [0, 0.1) is 0 Å². The number of aromatic nitrogens is 2. The van der Waals surface area contributed by atoms with Gasteiger partial charge in [-0.05, 0) is 56.0 Å². The van der Waals surface area contributed by atoms with Gasteiger partial charge in [0.1, 0.15) is 11.4 Å². The van der Waals surface area contributed by atoms with E-state index in [9.17, 15) is 18.0 Å². The van der Waals surface area contributed by atoms with E-state index in [1.54, 1.807) is 24.3 Å². The lowest BCUT2D eigenvalue weighted by atomic mass is 10.0. The van der Waals surface area contributed by atoms with Crippen LogP contribution in [-0.2, 0) is 11.0 Å². The van der Waals surface area contributed by atoms with Crippen molar-refractivity contribution in [2.24, 2.45) is 0 Å². The van der Waals surface area contributed by atoms with E-state index < -0.39 is 11.9 Å². The molecule has 1 atom stereocenters. The lowest BCUT2D eigenvalue weighted by molar-refractivity contribution is -0.141. The van der Waals surface area contributed by atoms with Crippen molar-refractivity contribution >= 4 is 17.7 Å². The average molecular weight is 440 g/mol. The molecule has 0 bridgehead atoms. The summed E-state index contributed by atoms with van der Waals surface area (Å²) in [4.78, 5) is 22.4. The third-order valence-electron chi connectivity index (χ3n) is 5.13. The summed E-state index contributed by atoms with van der Waals surface area (Å²) in [5.41, 5.74) is -0.360. The summed E-state index contributed by atoms with van der Waals surface area (Å²) >= 11 is 0.943. The number of piperidine rings is 1. The van der Waals surface area contributed by atoms with Gasteiger partial charge in [0.05, 0.1) is 18.6 Å². The largest absolute Gasteiger partial charge is 0.497 e. The second kappa shape index (κ2) is 9.68. The van der Waals surface area contributed by atoms with Gasteiger partial charge >= 0.3 is 6.18 Å². The number of carbonyl (C=O) groups is 1. The van der Waals surface area contributed by atoms with Gasteiger partial charge in [-0.1, -0.05) is 18.7 Å². The van der Waals surface area contributed by atoms with Crippen LogP contribution in [0.4, 0.5) is 13.2 Å². The maximum atomic E-state index is 13.4. The monoisotopic (exact) mass is 439 g/mol. The number of thioether (sulfide) groups is 1. The Morgan fingerprint density at radius 2 is 1.97 bits per heavy atom. The second-order valence-corrected chi connectivity index (χ2v) is 8.02. The molecule has 9 heteroatoms. The summed E-state index contributed by atoms with van der Waals surface area (Å²) in [6.45, 7) is 2.74. The van der Waals surface area contributed by atoms with Gasteiger partial charge in [-0.25, -0.2) is 9.97 Å². The zero-order chi connectivity index (χ0) is 21.7. The quantitative estimate of drug-likeness (QED) is 0.466. The number of hydrogen-bond donors (Lipinski definition) is 0. The first-order valence-electron chi connectivity index (χ1n) is 9.84. The number of halogens is 3. The molecule has 1 saturated heterocycles. The molecule has 30 heavy (non-hydrogen) atoms. The fraction of sp³-hybridized carbons (Fsp3) is 0.476. The predicted molar refractivity (Wildman–Crippen MR) is 109 cm³/mol. The summed E-state index contributed by atoms with van der Waals surface area (Å²) < 4.78 is 45.2. The van der Waals surface area contributed by atoms with E-state index in [0.29, 0.717) is 17.9 Å². The van der Waals surface area contributed by atoms with Gasteiger partial charge in [0.2, 0.25) is 5.91 Å². The number of methoxy groups -OCH3 is 1. The van der Waals surface area contributed by atoms with Gasteiger partial charge in [-0.15, -0.1) is 0 Å². The summed E-state index contributed by atoms with van der Waals surface area (Å²) in [5.74, 6) is 0.523. The van der Waals surface area contributed by atoms with E-state index in [4.69, 9.17) is 4.74 Å². The zero-order valence-electron chi connectivity index (χ0n) is 16.9. The average Bonchev–Trinajstić information content (AvgIpc) is 2.76. The Morgan fingerprint density at radius 1 is 1.23 bits per heavy atom. The molecule has 1 aromatic heterocycles. The number of benzene rings is 1. The Kier molecular flexibility index (Phi) is 7.23. The Bertz CT molecular complexity index is 875. The maximum absolute atomic E-state index is 13.4. The van der Waals surface area contributed by atoms with Crippen LogP contribution in [0.15, 0.2) is 35.5 Å². The molecule has 2 heterocycles. The topological polar surface area (TPSA) is 55.3 Å². The van der Waals surface area contributed by atoms with E-state index in [1.807, 2.05) is 11.8 Å². The van der Waals surface area contributed by atoms with Crippen molar-refractivity contribution < 1.29 is 22.7 Å². The van der Waals surface area contributed by atoms with Crippen molar-refractivity contribution in [2.75, 3.05) is 19.4 Å². The lowest BCUT2D eigenvalue weighted by Crippen LogP contribution is -2.44. The third kappa shape index (κ3) is 5.44. The highest BCUT2D eigenvalue weighted by atomic mass is 32.2. The molecule has 0 aliphatic carbocycles. The van der Waals surface area contributed by atoms with Gasteiger partial charge in [-0.2, -0.15) is 13.2 Å². The molecule has 3 rings (SSSR count). The van der Waals surface area contributed by atoms with Crippen molar-refractivity contribution in [3.63, 3.8) is 0 Å². The summed E-state index contributed by atoms with van der Waals surface area (Å²) in [5, 5.41) is -0.0611. The first-order chi connectivity index (χ1) is 14.3. The molecule has 0 saturated carbocycles. The Hall–Kier alpha value is -2.29. The molecule has 162 valence electrons. The van der Waals surface area contributed by atoms with Gasteiger partial charge in [0.25, 0.3) is 0 Å². The highest BCUT2D eigenvalue weighted by molar-refractivity contribution is 7.99. The van der Waals surface area contributed by atoms with Crippen molar-refractivity contribution in [1.29, 1.82) is 0 Å². The number of rotatable bonds is 6. The van der Waals surface area contributed by atoms with Crippen LogP contribution < -0.4 is 4.74 Å². The molecule has 1 aromatic carbocycles. The normalized spacial score (nSPS) is 17.1. The van der Waals surface area contributed by atoms with Crippen molar-refractivity contribution in [3.05, 3.63) is 36.0 Å². The fourth-order valence-corrected chi connectivity index (χ4v) is 4.25. The standard InChI is InChI=1S/C21H24F3N3O2S/c1-3-15-6-4-5-11-27(15)19(28)13-30-20-25-17(12-18(26-20)21(22,23)24)14-7-9-16(29-2)10-8-14/h7-10,12,15H,3-6,11,13H2,1-2H3/t15-/m0/s1. The van der Waals surface area contributed by atoms with Crippen molar-refractivity contribution in [2.45, 2.75) is 50.0 Å². The number of likely N-dealkylation sites (tertiary alicyclic amines) is 1. The smallest absolute Gasteiger partial charge is 0.433 e. The highest BCUT2D eigenvalue weighted by Gasteiger charge is 2.34. The number of carbonyl (C=O) groups excluding carboxylic acids is 1. The Balaban J connectivity index is 1.81. The first kappa shape index (κ1) is 22.4. The third-order valence-corrected chi connectivity index (χ3v) is 5.96. The molecule has 1 amide bonds. The molecule has 2 aromatic rings. The molecule has 1 fully saturated rings. The molecule has 1 aliphatic rings. The van der Waals surface area contributed by atoms with Crippen molar-refractivity contribution in [1.82, 2.24) is 14.9 Å². The van der Waals surface area contributed by atoms with Crippen LogP contribution in [0.25, 0.3) is 11.3 Å². The summed E-state index contributed by atoms with van der Waals surface area (Å²) in [7, 11) is 1.51. The van der Waals surface area contributed by atoms with Gasteiger partial charge in [0, 0.05) is 18.2 Å². The van der Waals surface area contributed by atoms with Crippen LogP contribution in [0.5, 0.6) is 5.75 Å². The number of amides is 1. The van der Waals surface area contributed by atoms with Gasteiger partial charge in [-0.3, -0.25) is 4.79 Å². The van der Waals surface area contributed by atoms with E-state index in [2.05, 4.69) is 9.97 Å². The molecule has 5 nitrogen and oxygen atoms in total. The molecule has 0 N–H and O–H groups in total. The Morgan fingerprint density at radius 3 is 2.60 bits per heavy atom. The number of alkyl halides is 3. The van der Waals surface area contributed by atoms with Crippen LogP contribution in [0.2, 0.25) is 0 Å². The zero-order valence-corrected chi connectivity index (χ0v) is 17.7. The SMILES string of the molecule is CC[C@H]1CCCCN1C(=O)CSc1nc(-c2ccc(OC)cc2)cc(C(F)(F)F)n1. The van der Waals surface area contributed by atoms with Crippen LogP contribution in [0.3, 0.4) is 0 Å². The number of nitrogens with zero attached hydrogens (tertiary/aromatic N) is 3.